The molecule has 2 heterocycles. The molecule has 0 radical (unpaired) electrons. The summed E-state index contributed by atoms with van der Waals surface area (Å²) in [5.74, 6) is 1.43. The molecule has 10 nitrogen and oxygen atoms in total. The summed E-state index contributed by atoms with van der Waals surface area (Å²) in [4.78, 5) is 24.1. The van der Waals surface area contributed by atoms with Crippen molar-refractivity contribution in [2.75, 3.05) is 48.9 Å². The molecule has 1 amide bonds. The third-order valence-corrected chi connectivity index (χ3v) is 6.65. The van der Waals surface area contributed by atoms with E-state index in [1.54, 1.807) is 21.3 Å². The maximum absolute atomic E-state index is 13.5. The molecule has 180 valence electrons. The summed E-state index contributed by atoms with van der Waals surface area (Å²) in [5.41, 5.74) is 3.18. The van der Waals surface area contributed by atoms with Crippen molar-refractivity contribution < 1.29 is 38.2 Å². The molecule has 1 fully saturated rings. The summed E-state index contributed by atoms with van der Waals surface area (Å²) >= 11 is 0. The van der Waals surface area contributed by atoms with Gasteiger partial charge < -0.3 is 28.5 Å². The van der Waals surface area contributed by atoms with Crippen LogP contribution in [0.25, 0.3) is 0 Å². The summed E-state index contributed by atoms with van der Waals surface area (Å²) in [6.07, 6.45) is 0. The zero-order chi connectivity index (χ0) is 24.0. The van der Waals surface area contributed by atoms with Crippen LogP contribution in [-0.4, -0.2) is 65.6 Å². The largest absolute Gasteiger partial charge is 0.493 e. The van der Waals surface area contributed by atoms with Crippen molar-refractivity contribution in [3.8, 4) is 28.7 Å². The van der Waals surface area contributed by atoms with Gasteiger partial charge in [0.2, 0.25) is 12.5 Å². The van der Waals surface area contributed by atoms with E-state index in [9.17, 15) is 4.79 Å². The number of hydroxylamine groups is 2. The second-order valence-corrected chi connectivity index (χ2v) is 8.10. The molecule has 0 aromatic heterocycles. The van der Waals surface area contributed by atoms with Gasteiger partial charge in [0.1, 0.15) is 7.11 Å². The molecule has 0 unspecified atom stereocenters. The van der Waals surface area contributed by atoms with Crippen LogP contribution in [0.3, 0.4) is 0 Å². The summed E-state index contributed by atoms with van der Waals surface area (Å²) in [7, 11) is 7.66. The minimum Gasteiger partial charge on any atom is -0.493 e. The third kappa shape index (κ3) is 3.20. The lowest BCUT2D eigenvalue weighted by molar-refractivity contribution is -0.169. The van der Waals surface area contributed by atoms with Crippen LogP contribution < -0.4 is 23.7 Å². The molecule has 0 bridgehead atoms. The van der Waals surface area contributed by atoms with E-state index in [2.05, 4.69) is 5.16 Å². The molecular formula is C24H26N2O8. The van der Waals surface area contributed by atoms with E-state index in [1.165, 1.54) is 19.3 Å². The number of hydrogen-bond donors (Lipinski definition) is 0. The first-order chi connectivity index (χ1) is 16.6. The lowest BCUT2D eigenvalue weighted by Crippen LogP contribution is -2.37. The van der Waals surface area contributed by atoms with Gasteiger partial charge in [-0.3, -0.25) is 9.63 Å². The van der Waals surface area contributed by atoms with E-state index in [4.69, 9.17) is 33.4 Å². The van der Waals surface area contributed by atoms with Gasteiger partial charge in [-0.25, -0.2) is 5.06 Å². The Bertz CT molecular complexity index is 1140. The maximum Gasteiger partial charge on any atom is 0.250 e. The number of hydrogen-bond acceptors (Lipinski definition) is 9. The number of oxime groups is 1. The highest BCUT2D eigenvalue weighted by molar-refractivity contribution is 6.09. The first kappa shape index (κ1) is 22.1. The van der Waals surface area contributed by atoms with Crippen LogP contribution in [0.4, 0.5) is 0 Å². The van der Waals surface area contributed by atoms with Gasteiger partial charge in [-0.1, -0.05) is 5.16 Å². The highest BCUT2D eigenvalue weighted by atomic mass is 16.7. The molecule has 0 N–H and O–H groups in total. The lowest BCUT2D eigenvalue weighted by atomic mass is 9.66. The minimum atomic E-state index is -0.496. The number of fused-ring (bicyclic) bond motifs is 3. The van der Waals surface area contributed by atoms with Gasteiger partial charge in [-0.05, 0) is 35.4 Å². The van der Waals surface area contributed by atoms with Gasteiger partial charge in [0.05, 0.1) is 46.6 Å². The van der Waals surface area contributed by atoms with Crippen molar-refractivity contribution in [1.29, 1.82) is 0 Å². The molecular weight excluding hydrogens is 444 g/mol. The summed E-state index contributed by atoms with van der Waals surface area (Å²) in [5, 5.41) is 5.71. The van der Waals surface area contributed by atoms with Crippen LogP contribution in [0, 0.1) is 11.8 Å². The van der Waals surface area contributed by atoms with Crippen molar-refractivity contribution in [1.82, 2.24) is 5.06 Å². The number of amides is 1. The third-order valence-electron chi connectivity index (χ3n) is 6.65. The van der Waals surface area contributed by atoms with Gasteiger partial charge in [0.25, 0.3) is 5.91 Å². The maximum atomic E-state index is 13.5. The van der Waals surface area contributed by atoms with Crippen molar-refractivity contribution >= 4 is 11.6 Å². The molecule has 3 aliphatic rings. The van der Waals surface area contributed by atoms with Crippen LogP contribution >= 0.6 is 0 Å². The molecule has 1 saturated heterocycles. The molecule has 3 atom stereocenters. The Morgan fingerprint density at radius 1 is 0.941 bits per heavy atom. The highest BCUT2D eigenvalue weighted by Crippen LogP contribution is 2.53. The fourth-order valence-corrected chi connectivity index (χ4v) is 5.23. The van der Waals surface area contributed by atoms with E-state index < -0.39 is 5.92 Å². The lowest BCUT2D eigenvalue weighted by Gasteiger charge is -2.35. The number of rotatable bonds is 6. The molecule has 2 aromatic rings. The number of nitrogens with zero attached hydrogens (tertiary/aromatic N) is 2. The van der Waals surface area contributed by atoms with Gasteiger partial charge in [-0.2, -0.15) is 0 Å². The van der Waals surface area contributed by atoms with Gasteiger partial charge in [0.15, 0.2) is 23.0 Å². The second kappa shape index (κ2) is 8.60. The van der Waals surface area contributed by atoms with Crippen LogP contribution in [0.1, 0.15) is 22.6 Å². The fraction of sp³-hybridized carbons (Fsp3) is 0.417. The number of carbonyl (C=O) groups is 1. The van der Waals surface area contributed by atoms with Gasteiger partial charge in [-0.15, -0.1) is 0 Å². The molecule has 5 rings (SSSR count). The van der Waals surface area contributed by atoms with Crippen LogP contribution in [-0.2, 0) is 14.5 Å². The smallest absolute Gasteiger partial charge is 0.250 e. The van der Waals surface area contributed by atoms with Gasteiger partial charge in [0, 0.05) is 17.4 Å². The van der Waals surface area contributed by atoms with Crippen molar-refractivity contribution in [2.24, 2.45) is 17.0 Å². The molecule has 0 spiro atoms. The highest BCUT2D eigenvalue weighted by Gasteiger charge is 2.53. The number of methoxy groups -OCH3 is 3. The Morgan fingerprint density at radius 3 is 2.21 bits per heavy atom. The van der Waals surface area contributed by atoms with Gasteiger partial charge >= 0.3 is 0 Å². The Balaban J connectivity index is 1.78. The van der Waals surface area contributed by atoms with E-state index in [1.807, 2.05) is 24.3 Å². The van der Waals surface area contributed by atoms with Crippen LogP contribution in [0.15, 0.2) is 29.4 Å². The van der Waals surface area contributed by atoms with Crippen LogP contribution in [0.5, 0.6) is 28.7 Å². The molecule has 2 aliphatic heterocycles. The molecule has 1 aliphatic carbocycles. The fourth-order valence-electron chi connectivity index (χ4n) is 5.23. The minimum absolute atomic E-state index is 0.132. The Kier molecular flexibility index (Phi) is 5.60. The topological polar surface area (TPSA) is 97.3 Å². The first-order valence-corrected chi connectivity index (χ1v) is 10.8. The van der Waals surface area contributed by atoms with Crippen molar-refractivity contribution in [2.45, 2.75) is 5.92 Å². The number of benzene rings is 2. The molecule has 0 saturated carbocycles. The molecule has 34 heavy (non-hydrogen) atoms. The van der Waals surface area contributed by atoms with Crippen molar-refractivity contribution in [3.05, 3.63) is 41.0 Å². The second-order valence-electron chi connectivity index (χ2n) is 8.10. The van der Waals surface area contributed by atoms with E-state index in [-0.39, 0.29) is 24.5 Å². The van der Waals surface area contributed by atoms with E-state index >= 15 is 0 Å². The monoisotopic (exact) mass is 470 g/mol. The summed E-state index contributed by atoms with van der Waals surface area (Å²) in [6.45, 7) is 0.476. The predicted octanol–water partition coefficient (Wildman–Crippen LogP) is 2.57. The quantitative estimate of drug-likeness (QED) is 0.595. The average molecular weight is 470 g/mol. The Hall–Kier alpha value is -3.66. The summed E-state index contributed by atoms with van der Waals surface area (Å²) in [6, 6.07) is 7.56. The normalized spacial score (nSPS) is 23.6. The average Bonchev–Trinajstić information content (AvgIpc) is 3.45. The SMILES string of the molecule is CON=C1c2cc3c(cc2[C@@H](c2cc(OC)c(OC)c(OC)c2)[C@@H]2C(=O)N(OC)C[C@H]12)OCO3. The van der Waals surface area contributed by atoms with Crippen LogP contribution in [0.2, 0.25) is 0 Å². The number of ether oxygens (including phenoxy) is 5. The van der Waals surface area contributed by atoms with E-state index in [0.29, 0.717) is 41.0 Å². The standard InChI is InChI=1S/C24H26N2O8/c1-28-18-6-12(7-19(29-2)23(18)30-3)20-13-8-16-17(34-11-33-16)9-14(13)22(25-31-4)15-10-26(32-5)24(27)21(15)20/h6-9,15,20-21H,10-11H2,1-5H3/t15-,20+,21+/m0/s1. The van der Waals surface area contributed by atoms with E-state index in [0.717, 1.165) is 16.7 Å². The molecule has 2 aromatic carbocycles. The predicted molar refractivity (Wildman–Crippen MR) is 120 cm³/mol. The Morgan fingerprint density at radius 2 is 1.62 bits per heavy atom. The van der Waals surface area contributed by atoms with Crippen molar-refractivity contribution in [3.63, 3.8) is 0 Å². The first-order valence-electron chi connectivity index (χ1n) is 10.8. The summed E-state index contributed by atoms with van der Waals surface area (Å²) < 4.78 is 28.0. The zero-order valence-electron chi connectivity index (χ0n) is 19.6. The Labute approximate surface area is 196 Å². The molecule has 10 heteroatoms. The zero-order valence-corrected chi connectivity index (χ0v) is 19.6. The number of carbonyl (C=O) groups excluding carboxylic acids is 1.